The Bertz CT molecular complexity index is 342. The van der Waals surface area contributed by atoms with Gasteiger partial charge in [-0.1, -0.05) is 24.3 Å². The molecular formula is C11H14ClNO. The molecule has 1 fully saturated rings. The number of halogens is 1. The molecule has 14 heavy (non-hydrogen) atoms. The minimum atomic E-state index is -0.195. The number of hydrogen-bond acceptors (Lipinski definition) is 2. The van der Waals surface area contributed by atoms with Crippen molar-refractivity contribution in [2.75, 3.05) is 0 Å². The smallest absolute Gasteiger partial charge is 0.0735 e. The van der Waals surface area contributed by atoms with Gasteiger partial charge in [0.25, 0.3) is 0 Å². The van der Waals surface area contributed by atoms with Crippen molar-refractivity contribution in [3.8, 4) is 0 Å². The molecule has 3 heteroatoms. The fourth-order valence-electron chi connectivity index (χ4n) is 2.57. The SMILES string of the molecule is Cl.OC1CCC2NC1c1ccccc12. The molecule has 3 rings (SSSR count). The van der Waals surface area contributed by atoms with Crippen LogP contribution in [-0.4, -0.2) is 11.2 Å². The number of aliphatic hydroxyl groups excluding tert-OH is 1. The Morgan fingerprint density at radius 2 is 1.86 bits per heavy atom. The number of fused-ring (bicyclic) bond motifs is 5. The Kier molecular flexibility index (Phi) is 2.52. The van der Waals surface area contributed by atoms with Crippen LogP contribution in [0.2, 0.25) is 0 Å². The number of nitrogens with one attached hydrogen (secondary N) is 1. The van der Waals surface area contributed by atoms with Crippen LogP contribution in [0.15, 0.2) is 24.3 Å². The van der Waals surface area contributed by atoms with E-state index in [0.717, 1.165) is 12.8 Å². The second-order valence-corrected chi connectivity index (χ2v) is 3.97. The van der Waals surface area contributed by atoms with Crippen LogP contribution in [0.25, 0.3) is 0 Å². The number of benzene rings is 1. The normalized spacial score (nSPS) is 33.4. The number of piperidine rings is 1. The van der Waals surface area contributed by atoms with Crippen LogP contribution >= 0.6 is 12.4 Å². The molecule has 1 aromatic carbocycles. The quantitative estimate of drug-likeness (QED) is 0.688. The highest BCUT2D eigenvalue weighted by Crippen LogP contribution is 2.42. The minimum Gasteiger partial charge on any atom is -0.391 e. The van der Waals surface area contributed by atoms with Crippen LogP contribution in [0.5, 0.6) is 0 Å². The first-order valence-electron chi connectivity index (χ1n) is 4.89. The number of aliphatic hydroxyl groups is 1. The lowest BCUT2D eigenvalue weighted by Crippen LogP contribution is -2.33. The average Bonchev–Trinajstić information content (AvgIpc) is 2.48. The summed E-state index contributed by atoms with van der Waals surface area (Å²) in [5.41, 5.74) is 2.70. The molecule has 1 aromatic rings. The predicted molar refractivity (Wildman–Crippen MR) is 57.5 cm³/mol. The molecule has 0 amide bonds. The van der Waals surface area contributed by atoms with E-state index < -0.39 is 0 Å². The topological polar surface area (TPSA) is 32.3 Å². The molecule has 3 atom stereocenters. The van der Waals surface area contributed by atoms with Crippen LogP contribution in [0, 0.1) is 0 Å². The first-order chi connectivity index (χ1) is 6.36. The molecular weight excluding hydrogens is 198 g/mol. The molecule has 2 aliphatic heterocycles. The van der Waals surface area contributed by atoms with Gasteiger partial charge in [-0.15, -0.1) is 12.4 Å². The minimum absolute atomic E-state index is 0. The van der Waals surface area contributed by atoms with Gasteiger partial charge in [0.1, 0.15) is 0 Å². The van der Waals surface area contributed by atoms with Crippen LogP contribution in [0.1, 0.15) is 36.1 Å². The fraction of sp³-hybridized carbons (Fsp3) is 0.455. The Labute approximate surface area is 89.7 Å². The molecule has 2 N–H and O–H groups in total. The van der Waals surface area contributed by atoms with Gasteiger partial charge in [-0.3, -0.25) is 0 Å². The second kappa shape index (κ2) is 3.54. The molecule has 0 aromatic heterocycles. The summed E-state index contributed by atoms with van der Waals surface area (Å²) in [4.78, 5) is 0. The van der Waals surface area contributed by atoms with E-state index in [9.17, 15) is 5.11 Å². The van der Waals surface area contributed by atoms with Crippen molar-refractivity contribution in [3.05, 3.63) is 35.4 Å². The molecule has 0 radical (unpaired) electrons. The first-order valence-corrected chi connectivity index (χ1v) is 4.89. The van der Waals surface area contributed by atoms with Gasteiger partial charge in [-0.2, -0.15) is 0 Å². The molecule has 2 nitrogen and oxygen atoms in total. The summed E-state index contributed by atoms with van der Waals surface area (Å²) < 4.78 is 0. The van der Waals surface area contributed by atoms with Gasteiger partial charge in [0.05, 0.1) is 12.1 Å². The van der Waals surface area contributed by atoms with Crippen molar-refractivity contribution >= 4 is 12.4 Å². The third kappa shape index (κ3) is 1.26. The van der Waals surface area contributed by atoms with Gasteiger partial charge in [-0.05, 0) is 24.0 Å². The van der Waals surface area contributed by atoms with E-state index >= 15 is 0 Å². The standard InChI is InChI=1S/C11H13NO.ClH/c13-10-6-5-9-7-3-1-2-4-8(7)11(10)12-9;/h1-4,9-13H,5-6H2;1H. The van der Waals surface area contributed by atoms with Crippen molar-refractivity contribution in [1.29, 1.82) is 0 Å². The molecule has 0 spiro atoms. The molecule has 2 bridgehead atoms. The van der Waals surface area contributed by atoms with Gasteiger partial charge >= 0.3 is 0 Å². The van der Waals surface area contributed by atoms with E-state index in [1.54, 1.807) is 0 Å². The van der Waals surface area contributed by atoms with Gasteiger partial charge in [-0.25, -0.2) is 0 Å². The summed E-state index contributed by atoms with van der Waals surface area (Å²) in [7, 11) is 0. The van der Waals surface area contributed by atoms with Gasteiger partial charge in [0, 0.05) is 6.04 Å². The van der Waals surface area contributed by atoms with Crippen molar-refractivity contribution in [1.82, 2.24) is 5.32 Å². The van der Waals surface area contributed by atoms with E-state index in [1.807, 2.05) is 6.07 Å². The van der Waals surface area contributed by atoms with Crippen molar-refractivity contribution < 1.29 is 5.11 Å². The highest BCUT2D eigenvalue weighted by molar-refractivity contribution is 5.85. The maximum Gasteiger partial charge on any atom is 0.0735 e. The highest BCUT2D eigenvalue weighted by Gasteiger charge is 2.38. The van der Waals surface area contributed by atoms with E-state index in [1.165, 1.54) is 11.1 Å². The largest absolute Gasteiger partial charge is 0.391 e. The first kappa shape index (κ1) is 9.97. The Morgan fingerprint density at radius 3 is 2.64 bits per heavy atom. The third-order valence-electron chi connectivity index (χ3n) is 3.22. The summed E-state index contributed by atoms with van der Waals surface area (Å²) >= 11 is 0. The lowest BCUT2D eigenvalue weighted by Gasteiger charge is -2.26. The summed E-state index contributed by atoms with van der Waals surface area (Å²) in [6.45, 7) is 0. The molecule has 0 aliphatic carbocycles. The van der Waals surface area contributed by atoms with Crippen LogP contribution in [0.3, 0.4) is 0 Å². The lowest BCUT2D eigenvalue weighted by molar-refractivity contribution is 0.0912. The molecule has 76 valence electrons. The van der Waals surface area contributed by atoms with Gasteiger partial charge < -0.3 is 10.4 Å². The van der Waals surface area contributed by atoms with Gasteiger partial charge in [0.15, 0.2) is 0 Å². The van der Waals surface area contributed by atoms with E-state index in [-0.39, 0.29) is 24.6 Å². The average molecular weight is 212 g/mol. The fourth-order valence-corrected chi connectivity index (χ4v) is 2.57. The molecule has 1 saturated heterocycles. The molecule has 2 aliphatic rings. The van der Waals surface area contributed by atoms with Crippen LogP contribution in [-0.2, 0) is 0 Å². The maximum atomic E-state index is 9.78. The zero-order chi connectivity index (χ0) is 8.84. The molecule has 3 unspecified atom stereocenters. The van der Waals surface area contributed by atoms with Crippen LogP contribution in [0.4, 0.5) is 0 Å². The molecule has 2 heterocycles. The zero-order valence-electron chi connectivity index (χ0n) is 7.81. The van der Waals surface area contributed by atoms with E-state index in [4.69, 9.17) is 0 Å². The van der Waals surface area contributed by atoms with Crippen LogP contribution < -0.4 is 5.32 Å². The summed E-state index contributed by atoms with van der Waals surface area (Å²) in [6.07, 6.45) is 1.80. The van der Waals surface area contributed by atoms with E-state index in [2.05, 4.69) is 23.5 Å². The maximum absolute atomic E-state index is 9.78. The van der Waals surface area contributed by atoms with Crippen molar-refractivity contribution in [3.63, 3.8) is 0 Å². The summed E-state index contributed by atoms with van der Waals surface area (Å²) in [5, 5.41) is 13.2. The molecule has 0 saturated carbocycles. The summed E-state index contributed by atoms with van der Waals surface area (Å²) in [6, 6.07) is 9.10. The van der Waals surface area contributed by atoms with E-state index in [0.29, 0.717) is 6.04 Å². The number of hydrogen-bond donors (Lipinski definition) is 2. The number of rotatable bonds is 0. The Balaban J connectivity index is 0.000000750. The third-order valence-corrected chi connectivity index (χ3v) is 3.22. The monoisotopic (exact) mass is 211 g/mol. The lowest BCUT2D eigenvalue weighted by atomic mass is 10.0. The highest BCUT2D eigenvalue weighted by atomic mass is 35.5. The Hall–Kier alpha value is -0.570. The zero-order valence-corrected chi connectivity index (χ0v) is 8.63. The van der Waals surface area contributed by atoms with Gasteiger partial charge in [0.2, 0.25) is 0 Å². The van der Waals surface area contributed by atoms with Crippen molar-refractivity contribution in [2.45, 2.75) is 31.0 Å². The predicted octanol–water partition coefficient (Wildman–Crippen LogP) is 1.95. The Morgan fingerprint density at radius 1 is 1.14 bits per heavy atom. The second-order valence-electron chi connectivity index (χ2n) is 3.97. The van der Waals surface area contributed by atoms with Crippen molar-refractivity contribution in [2.24, 2.45) is 0 Å². The summed E-state index contributed by atoms with van der Waals surface area (Å²) in [5.74, 6) is 0.